The summed E-state index contributed by atoms with van der Waals surface area (Å²) >= 11 is 0. The summed E-state index contributed by atoms with van der Waals surface area (Å²) in [6, 6.07) is 9.67. The molecule has 1 aromatic rings. The van der Waals surface area contributed by atoms with Crippen molar-refractivity contribution in [1.29, 1.82) is 0 Å². The van der Waals surface area contributed by atoms with Crippen LogP contribution in [-0.2, 0) is 16.0 Å². The third kappa shape index (κ3) is 5.23. The van der Waals surface area contributed by atoms with Gasteiger partial charge in [0.25, 0.3) is 0 Å². The number of allylic oxidation sites excluding steroid dienone is 2. The standard InChI is InChI=1S/C19H25NO3/c1-15(2)9-5-3-8-12-18(21)20-17(14-23-19(20)22)13-16-10-6-4-7-11-16/h3-7,10-11,15,17H,8-9,12-14H2,1-2H3/b5-3+/t17-/m1/s1. The lowest BCUT2D eigenvalue weighted by Crippen LogP contribution is -2.40. The number of carbonyl (C=O) groups is 2. The Balaban J connectivity index is 1.88. The van der Waals surface area contributed by atoms with Crippen LogP contribution >= 0.6 is 0 Å². The molecule has 0 aliphatic carbocycles. The minimum Gasteiger partial charge on any atom is -0.447 e. The van der Waals surface area contributed by atoms with Crippen LogP contribution < -0.4 is 0 Å². The molecule has 0 aromatic heterocycles. The molecule has 1 aliphatic rings. The van der Waals surface area contributed by atoms with Crippen molar-refractivity contribution in [3.05, 3.63) is 48.0 Å². The molecule has 1 heterocycles. The van der Waals surface area contributed by atoms with Gasteiger partial charge >= 0.3 is 6.09 Å². The molecule has 0 bridgehead atoms. The molecule has 0 saturated carbocycles. The van der Waals surface area contributed by atoms with Gasteiger partial charge in [0.1, 0.15) is 6.61 Å². The lowest BCUT2D eigenvalue weighted by atomic mass is 10.1. The number of cyclic esters (lactones) is 1. The van der Waals surface area contributed by atoms with Crippen LogP contribution in [-0.4, -0.2) is 29.5 Å². The second-order valence-electron chi connectivity index (χ2n) is 6.32. The summed E-state index contributed by atoms with van der Waals surface area (Å²) in [6.45, 7) is 4.59. The fourth-order valence-corrected chi connectivity index (χ4v) is 2.62. The van der Waals surface area contributed by atoms with Gasteiger partial charge in [0.15, 0.2) is 0 Å². The quantitative estimate of drug-likeness (QED) is 0.716. The van der Waals surface area contributed by atoms with Crippen LogP contribution in [0.25, 0.3) is 0 Å². The van der Waals surface area contributed by atoms with Crippen molar-refractivity contribution in [3.8, 4) is 0 Å². The fraction of sp³-hybridized carbons (Fsp3) is 0.474. The Bertz CT molecular complexity index is 551. The molecule has 4 heteroatoms. The third-order valence-electron chi connectivity index (χ3n) is 3.84. The molecule has 0 unspecified atom stereocenters. The Morgan fingerprint density at radius 3 is 2.74 bits per heavy atom. The number of amides is 2. The SMILES string of the molecule is CC(C)C/C=C/CCC(=O)N1C(=O)OC[C@H]1Cc1ccccc1. The van der Waals surface area contributed by atoms with Crippen molar-refractivity contribution in [1.82, 2.24) is 4.90 Å². The molecule has 1 aliphatic heterocycles. The van der Waals surface area contributed by atoms with E-state index in [9.17, 15) is 9.59 Å². The van der Waals surface area contributed by atoms with Crippen LogP contribution in [0.1, 0.15) is 38.7 Å². The summed E-state index contributed by atoms with van der Waals surface area (Å²) in [5, 5.41) is 0. The highest BCUT2D eigenvalue weighted by molar-refractivity contribution is 5.93. The molecule has 1 atom stereocenters. The van der Waals surface area contributed by atoms with Crippen LogP contribution in [0, 0.1) is 5.92 Å². The first-order chi connectivity index (χ1) is 11.1. The maximum Gasteiger partial charge on any atom is 0.416 e. The molecule has 0 spiro atoms. The molecule has 23 heavy (non-hydrogen) atoms. The van der Waals surface area contributed by atoms with Gasteiger partial charge in [0, 0.05) is 6.42 Å². The van der Waals surface area contributed by atoms with Gasteiger partial charge in [-0.3, -0.25) is 4.79 Å². The zero-order chi connectivity index (χ0) is 16.7. The number of rotatable bonds is 7. The van der Waals surface area contributed by atoms with Crippen molar-refractivity contribution in [3.63, 3.8) is 0 Å². The summed E-state index contributed by atoms with van der Waals surface area (Å²) in [5.74, 6) is 0.466. The third-order valence-corrected chi connectivity index (χ3v) is 3.84. The van der Waals surface area contributed by atoms with E-state index in [0.29, 0.717) is 25.2 Å². The predicted octanol–water partition coefficient (Wildman–Crippen LogP) is 3.96. The number of carbonyl (C=O) groups excluding carboxylic acids is 2. The van der Waals surface area contributed by atoms with Gasteiger partial charge < -0.3 is 4.74 Å². The van der Waals surface area contributed by atoms with E-state index in [4.69, 9.17) is 4.74 Å². The predicted molar refractivity (Wildman–Crippen MR) is 90.0 cm³/mol. The summed E-state index contributed by atoms with van der Waals surface area (Å²) in [5.41, 5.74) is 1.10. The van der Waals surface area contributed by atoms with Crippen LogP contribution in [0.3, 0.4) is 0 Å². The second-order valence-corrected chi connectivity index (χ2v) is 6.32. The summed E-state index contributed by atoms with van der Waals surface area (Å²) < 4.78 is 5.08. The Morgan fingerprint density at radius 2 is 2.04 bits per heavy atom. The summed E-state index contributed by atoms with van der Waals surface area (Å²) in [7, 11) is 0. The summed E-state index contributed by atoms with van der Waals surface area (Å²) in [4.78, 5) is 25.5. The van der Waals surface area contributed by atoms with Crippen LogP contribution in [0.5, 0.6) is 0 Å². The minimum atomic E-state index is -0.512. The van der Waals surface area contributed by atoms with Crippen molar-refractivity contribution in [2.24, 2.45) is 5.92 Å². The van der Waals surface area contributed by atoms with E-state index in [1.54, 1.807) is 0 Å². The van der Waals surface area contributed by atoms with Gasteiger partial charge in [-0.25, -0.2) is 9.69 Å². The molecule has 0 N–H and O–H groups in total. The number of nitrogens with zero attached hydrogens (tertiary/aromatic N) is 1. The molecule has 1 fully saturated rings. The summed E-state index contributed by atoms with van der Waals surface area (Å²) in [6.07, 6.45) is 6.26. The number of benzene rings is 1. The van der Waals surface area contributed by atoms with Crippen molar-refractivity contribution in [2.45, 2.75) is 45.6 Å². The van der Waals surface area contributed by atoms with E-state index in [1.807, 2.05) is 36.4 Å². The molecule has 1 saturated heterocycles. The highest BCUT2D eigenvalue weighted by Crippen LogP contribution is 2.19. The molecule has 124 valence electrons. The first kappa shape index (κ1) is 17.3. The monoisotopic (exact) mass is 315 g/mol. The normalized spacial score (nSPS) is 18.0. The number of hydrogen-bond donors (Lipinski definition) is 0. The highest BCUT2D eigenvalue weighted by Gasteiger charge is 2.37. The number of hydrogen-bond acceptors (Lipinski definition) is 3. The molecule has 2 amide bonds. The largest absolute Gasteiger partial charge is 0.447 e. The molecular formula is C19H25NO3. The van der Waals surface area contributed by atoms with E-state index in [0.717, 1.165) is 12.0 Å². The van der Waals surface area contributed by atoms with Crippen molar-refractivity contribution >= 4 is 12.0 Å². The van der Waals surface area contributed by atoms with Gasteiger partial charge in [-0.15, -0.1) is 0 Å². The van der Waals surface area contributed by atoms with Gasteiger partial charge in [-0.1, -0.05) is 56.3 Å². The Hall–Kier alpha value is -2.10. The molecule has 2 rings (SSSR count). The Morgan fingerprint density at radius 1 is 1.30 bits per heavy atom. The first-order valence-electron chi connectivity index (χ1n) is 8.25. The smallest absolute Gasteiger partial charge is 0.416 e. The average molecular weight is 315 g/mol. The maximum atomic E-state index is 12.3. The van der Waals surface area contributed by atoms with Gasteiger partial charge in [-0.05, 0) is 30.7 Å². The van der Waals surface area contributed by atoms with E-state index in [1.165, 1.54) is 4.90 Å². The molecule has 0 radical (unpaired) electrons. The molecular weight excluding hydrogens is 290 g/mol. The zero-order valence-electron chi connectivity index (χ0n) is 13.9. The lowest BCUT2D eigenvalue weighted by molar-refractivity contribution is -0.129. The topological polar surface area (TPSA) is 46.6 Å². The van der Waals surface area contributed by atoms with Crippen molar-refractivity contribution < 1.29 is 14.3 Å². The minimum absolute atomic E-state index is 0.150. The molecule has 4 nitrogen and oxygen atoms in total. The fourth-order valence-electron chi connectivity index (χ4n) is 2.62. The number of ether oxygens (including phenoxy) is 1. The average Bonchev–Trinajstić information content (AvgIpc) is 2.88. The molecule has 1 aromatic carbocycles. The van der Waals surface area contributed by atoms with Crippen LogP contribution in [0.2, 0.25) is 0 Å². The van der Waals surface area contributed by atoms with E-state index in [2.05, 4.69) is 19.9 Å². The Labute approximate surface area is 138 Å². The second kappa shape index (κ2) is 8.51. The van der Waals surface area contributed by atoms with Gasteiger partial charge in [0.2, 0.25) is 5.91 Å². The maximum absolute atomic E-state index is 12.3. The highest BCUT2D eigenvalue weighted by atomic mass is 16.6. The first-order valence-corrected chi connectivity index (χ1v) is 8.25. The van der Waals surface area contributed by atoms with Gasteiger partial charge in [0.05, 0.1) is 6.04 Å². The van der Waals surface area contributed by atoms with Crippen LogP contribution in [0.4, 0.5) is 4.79 Å². The van der Waals surface area contributed by atoms with Crippen molar-refractivity contribution in [2.75, 3.05) is 6.61 Å². The van der Waals surface area contributed by atoms with E-state index >= 15 is 0 Å². The lowest BCUT2D eigenvalue weighted by Gasteiger charge is -2.19. The van der Waals surface area contributed by atoms with Gasteiger partial charge in [-0.2, -0.15) is 0 Å². The number of imide groups is 1. The van der Waals surface area contributed by atoms with Crippen LogP contribution in [0.15, 0.2) is 42.5 Å². The Kier molecular flexibility index (Phi) is 6.39. The van der Waals surface area contributed by atoms with E-state index < -0.39 is 6.09 Å². The van der Waals surface area contributed by atoms with E-state index in [-0.39, 0.29) is 18.6 Å². The zero-order valence-corrected chi connectivity index (χ0v) is 13.9.